The van der Waals surface area contributed by atoms with E-state index in [0.29, 0.717) is 24.1 Å². The molecule has 0 atom stereocenters. The molecule has 0 bridgehead atoms. The first-order valence-corrected chi connectivity index (χ1v) is 7.31. The molecule has 2 aromatic rings. The molecule has 0 spiro atoms. The molecule has 0 aromatic heterocycles. The number of aryl methyl sites for hydroxylation is 2. The van der Waals surface area contributed by atoms with Gasteiger partial charge in [0.05, 0.1) is 4.92 Å². The molecule has 2 rings (SSSR count). The van der Waals surface area contributed by atoms with E-state index in [-0.39, 0.29) is 23.8 Å². The normalized spacial score (nSPS) is 10.3. The molecule has 5 nitrogen and oxygen atoms in total. The lowest BCUT2D eigenvalue weighted by Crippen LogP contribution is -2.12. The Morgan fingerprint density at radius 1 is 1.26 bits per heavy atom. The first-order chi connectivity index (χ1) is 11.0. The number of carbonyl (C=O) groups is 1. The summed E-state index contributed by atoms with van der Waals surface area (Å²) in [7, 11) is 0. The van der Waals surface area contributed by atoms with Crippen molar-refractivity contribution in [1.82, 2.24) is 0 Å². The van der Waals surface area contributed by atoms with E-state index in [0.717, 1.165) is 5.56 Å². The van der Waals surface area contributed by atoms with Crippen LogP contribution in [0.4, 0.5) is 15.8 Å². The Kier molecular flexibility index (Phi) is 5.41. The number of rotatable bonds is 6. The summed E-state index contributed by atoms with van der Waals surface area (Å²) < 4.78 is 13.1. The van der Waals surface area contributed by atoms with Gasteiger partial charge in [0.15, 0.2) is 0 Å². The third kappa shape index (κ3) is 4.60. The Labute approximate surface area is 133 Å². The van der Waals surface area contributed by atoms with Crippen molar-refractivity contribution in [3.8, 4) is 0 Å². The molecule has 0 unspecified atom stereocenters. The number of carbonyl (C=O) groups excluding carboxylic acids is 1. The first kappa shape index (κ1) is 16.6. The summed E-state index contributed by atoms with van der Waals surface area (Å²) in [6.07, 6.45) is 1.12. The van der Waals surface area contributed by atoms with Gasteiger partial charge in [0, 0.05) is 23.7 Å². The number of nitro groups is 1. The molecule has 0 radical (unpaired) electrons. The summed E-state index contributed by atoms with van der Waals surface area (Å²) in [5.41, 5.74) is 1.73. The highest BCUT2D eigenvalue weighted by molar-refractivity contribution is 5.91. The van der Waals surface area contributed by atoms with Gasteiger partial charge in [-0.15, -0.1) is 0 Å². The summed E-state index contributed by atoms with van der Waals surface area (Å²) in [6, 6.07) is 10.7. The highest BCUT2D eigenvalue weighted by Crippen LogP contribution is 2.23. The van der Waals surface area contributed by atoms with Crippen molar-refractivity contribution in [3.05, 3.63) is 69.5 Å². The van der Waals surface area contributed by atoms with Gasteiger partial charge in [0.1, 0.15) is 5.82 Å². The van der Waals surface area contributed by atoms with Crippen LogP contribution >= 0.6 is 0 Å². The molecular formula is C17H17FN2O3. The Morgan fingerprint density at radius 2 is 2.04 bits per heavy atom. The third-order valence-electron chi connectivity index (χ3n) is 3.48. The van der Waals surface area contributed by atoms with Gasteiger partial charge in [-0.1, -0.05) is 25.1 Å². The van der Waals surface area contributed by atoms with Gasteiger partial charge in [-0.3, -0.25) is 14.9 Å². The predicted molar refractivity (Wildman–Crippen MR) is 85.8 cm³/mol. The first-order valence-electron chi connectivity index (χ1n) is 7.31. The second kappa shape index (κ2) is 7.49. The molecule has 0 heterocycles. The fourth-order valence-electron chi connectivity index (χ4n) is 2.28. The maximum Gasteiger partial charge on any atom is 0.274 e. The second-order valence-corrected chi connectivity index (χ2v) is 5.13. The number of anilines is 1. The van der Waals surface area contributed by atoms with Crippen LogP contribution in [-0.4, -0.2) is 10.8 Å². The lowest BCUT2D eigenvalue weighted by atomic mass is 10.1. The van der Waals surface area contributed by atoms with Crippen molar-refractivity contribution in [2.45, 2.75) is 26.2 Å². The standard InChI is InChI=1S/C17H17FN2O3/c1-2-13-7-8-15(11-16(13)20(22)23)19-17(21)9-6-12-4-3-5-14(18)10-12/h3-5,7-8,10-11H,2,6,9H2,1H3,(H,19,21). The van der Waals surface area contributed by atoms with Crippen molar-refractivity contribution in [2.75, 3.05) is 5.32 Å². The number of nitrogens with one attached hydrogen (secondary N) is 1. The lowest BCUT2D eigenvalue weighted by Gasteiger charge is -2.07. The van der Waals surface area contributed by atoms with Gasteiger partial charge in [-0.2, -0.15) is 0 Å². The van der Waals surface area contributed by atoms with Crippen LogP contribution in [0.2, 0.25) is 0 Å². The monoisotopic (exact) mass is 316 g/mol. The van der Waals surface area contributed by atoms with Crippen LogP contribution in [-0.2, 0) is 17.6 Å². The molecule has 0 saturated carbocycles. The molecule has 0 aliphatic carbocycles. The number of nitrogens with zero attached hydrogens (tertiary/aromatic N) is 1. The largest absolute Gasteiger partial charge is 0.326 e. The summed E-state index contributed by atoms with van der Waals surface area (Å²) in [5.74, 6) is -0.610. The highest BCUT2D eigenvalue weighted by Gasteiger charge is 2.14. The molecule has 120 valence electrons. The number of hydrogen-bond donors (Lipinski definition) is 1. The van der Waals surface area contributed by atoms with Crippen molar-refractivity contribution in [3.63, 3.8) is 0 Å². The van der Waals surface area contributed by atoms with Crippen molar-refractivity contribution < 1.29 is 14.1 Å². The van der Waals surface area contributed by atoms with E-state index in [1.807, 2.05) is 6.92 Å². The maximum atomic E-state index is 13.1. The van der Waals surface area contributed by atoms with Gasteiger partial charge >= 0.3 is 0 Å². The van der Waals surface area contributed by atoms with E-state index in [1.54, 1.807) is 24.3 Å². The molecule has 2 aromatic carbocycles. The zero-order valence-corrected chi connectivity index (χ0v) is 12.7. The van der Waals surface area contributed by atoms with Gasteiger partial charge in [-0.25, -0.2) is 4.39 Å². The van der Waals surface area contributed by atoms with Crippen molar-refractivity contribution >= 4 is 17.3 Å². The number of hydrogen-bond acceptors (Lipinski definition) is 3. The highest BCUT2D eigenvalue weighted by atomic mass is 19.1. The number of nitro benzene ring substituents is 1. The maximum absolute atomic E-state index is 13.1. The predicted octanol–water partition coefficient (Wildman–Crippen LogP) is 3.87. The van der Waals surface area contributed by atoms with Crippen LogP contribution in [0.25, 0.3) is 0 Å². The Bertz CT molecular complexity index is 732. The molecule has 0 aliphatic heterocycles. The van der Waals surface area contributed by atoms with Crippen LogP contribution in [0.15, 0.2) is 42.5 Å². The second-order valence-electron chi connectivity index (χ2n) is 5.13. The van der Waals surface area contributed by atoms with Crippen molar-refractivity contribution in [1.29, 1.82) is 0 Å². The average molecular weight is 316 g/mol. The lowest BCUT2D eigenvalue weighted by molar-refractivity contribution is -0.385. The van der Waals surface area contributed by atoms with Gasteiger partial charge < -0.3 is 5.32 Å². The SMILES string of the molecule is CCc1ccc(NC(=O)CCc2cccc(F)c2)cc1[N+](=O)[O-]. The van der Waals surface area contributed by atoms with Gasteiger partial charge in [0.25, 0.3) is 5.69 Å². The van der Waals surface area contributed by atoms with Crippen LogP contribution < -0.4 is 5.32 Å². The summed E-state index contributed by atoms with van der Waals surface area (Å²) in [5, 5.41) is 13.7. The van der Waals surface area contributed by atoms with E-state index in [4.69, 9.17) is 0 Å². The van der Waals surface area contributed by atoms with Crippen LogP contribution in [0.3, 0.4) is 0 Å². The molecule has 23 heavy (non-hydrogen) atoms. The topological polar surface area (TPSA) is 72.2 Å². The molecule has 1 N–H and O–H groups in total. The molecule has 1 amide bonds. The minimum absolute atomic E-state index is 0.00423. The molecule has 0 aliphatic rings. The van der Waals surface area contributed by atoms with Crippen LogP contribution in [0, 0.1) is 15.9 Å². The number of amides is 1. The zero-order valence-electron chi connectivity index (χ0n) is 12.7. The smallest absolute Gasteiger partial charge is 0.274 e. The van der Waals surface area contributed by atoms with Crippen LogP contribution in [0.1, 0.15) is 24.5 Å². The van der Waals surface area contributed by atoms with Crippen LogP contribution in [0.5, 0.6) is 0 Å². The third-order valence-corrected chi connectivity index (χ3v) is 3.48. The fourth-order valence-corrected chi connectivity index (χ4v) is 2.28. The average Bonchev–Trinajstić information content (AvgIpc) is 2.53. The van der Waals surface area contributed by atoms with E-state index < -0.39 is 4.92 Å². The Hall–Kier alpha value is -2.76. The minimum Gasteiger partial charge on any atom is -0.326 e. The Morgan fingerprint density at radius 3 is 2.70 bits per heavy atom. The number of benzene rings is 2. The van der Waals surface area contributed by atoms with E-state index in [9.17, 15) is 19.3 Å². The number of halogens is 1. The van der Waals surface area contributed by atoms with Gasteiger partial charge in [-0.05, 0) is 36.6 Å². The fraction of sp³-hybridized carbons (Fsp3) is 0.235. The van der Waals surface area contributed by atoms with E-state index in [1.165, 1.54) is 18.2 Å². The summed E-state index contributed by atoms with van der Waals surface area (Å²) in [4.78, 5) is 22.5. The van der Waals surface area contributed by atoms with Gasteiger partial charge in [0.2, 0.25) is 5.91 Å². The Balaban J connectivity index is 2.00. The van der Waals surface area contributed by atoms with Crippen molar-refractivity contribution in [2.24, 2.45) is 0 Å². The molecule has 0 fully saturated rings. The molecular weight excluding hydrogens is 299 g/mol. The molecule has 6 heteroatoms. The summed E-state index contributed by atoms with van der Waals surface area (Å²) in [6.45, 7) is 1.83. The molecule has 0 saturated heterocycles. The minimum atomic E-state index is -0.457. The zero-order chi connectivity index (χ0) is 16.8. The van der Waals surface area contributed by atoms with E-state index >= 15 is 0 Å². The van der Waals surface area contributed by atoms with E-state index in [2.05, 4.69) is 5.32 Å². The summed E-state index contributed by atoms with van der Waals surface area (Å²) >= 11 is 0. The quantitative estimate of drug-likeness (QED) is 0.649.